The fourth-order valence-electron chi connectivity index (χ4n) is 13.9. The molecular formula is C71H123N9O13. The lowest BCUT2D eigenvalue weighted by molar-refractivity contribution is -0.157. The Bertz CT molecular complexity index is 2620. The number of carbonyl (C=O) groups excluding carboxylic acids is 11. The van der Waals surface area contributed by atoms with E-state index in [9.17, 15) is 24.3 Å². The Morgan fingerprint density at radius 3 is 1.49 bits per heavy atom. The van der Waals surface area contributed by atoms with Crippen LogP contribution in [-0.2, 0) is 57.5 Å². The SMILES string of the molecule is C/C=C/C[C@@H](C)[C@@H](O)[C@H]1C(=O)N[C@@H](CC)C(=O)N(C)[C@H](C)C(=O)N(C)[C@@H]([C@H](C)CN2CCC3(COC3)C2)C(=O)C[C@@H](C(C)C)C(=O)N(C)[C@@H](CC(C)C)C(=O)C[C@@H](C)C(=O)C[C@H](C)C(=O)N(C)[C@@H](CC(C)C)C(=O)N(C)[C@@H](CC(C)C)C(=O)N(C)[C@@H](C(C)C)C(=O)N1C. The van der Waals surface area contributed by atoms with E-state index in [-0.39, 0.29) is 85.5 Å². The summed E-state index contributed by atoms with van der Waals surface area (Å²) in [5.74, 6) is -11.1. The summed E-state index contributed by atoms with van der Waals surface area (Å²) in [5.41, 5.74) is 0.0220. The van der Waals surface area contributed by atoms with Crippen molar-refractivity contribution in [3.8, 4) is 0 Å². The second kappa shape index (κ2) is 35.9. The number of amides is 8. The number of carbonyl (C=O) groups is 11. The summed E-state index contributed by atoms with van der Waals surface area (Å²) in [7, 11) is 10.3. The molecule has 0 unspecified atom stereocenters. The molecule has 14 atom stereocenters. The normalized spacial score (nSPS) is 29.2. The highest BCUT2D eigenvalue weighted by molar-refractivity contribution is 6.00. The van der Waals surface area contributed by atoms with Gasteiger partial charge in [-0.1, -0.05) is 116 Å². The second-order valence-corrected chi connectivity index (χ2v) is 30.2. The van der Waals surface area contributed by atoms with E-state index in [0.29, 0.717) is 26.2 Å². The number of nitrogens with one attached hydrogen (secondary N) is 1. The highest BCUT2D eigenvalue weighted by Gasteiger charge is 2.49. The van der Waals surface area contributed by atoms with E-state index < -0.39 is 143 Å². The molecular weight excluding hydrogens is 1190 g/mol. The predicted octanol–water partition coefficient (Wildman–Crippen LogP) is 6.24. The first kappa shape index (κ1) is 81.6. The molecule has 0 saturated carbocycles. The molecule has 8 amide bonds. The van der Waals surface area contributed by atoms with Crippen LogP contribution in [0.15, 0.2) is 12.2 Å². The maximum atomic E-state index is 15.3. The van der Waals surface area contributed by atoms with E-state index in [1.807, 2.05) is 75.3 Å². The molecule has 3 saturated heterocycles. The summed E-state index contributed by atoms with van der Waals surface area (Å²) in [6.45, 7) is 33.7. The largest absolute Gasteiger partial charge is 0.390 e. The van der Waals surface area contributed by atoms with Crippen LogP contribution >= 0.6 is 0 Å². The van der Waals surface area contributed by atoms with Gasteiger partial charge in [0.15, 0.2) is 11.6 Å². The van der Waals surface area contributed by atoms with Gasteiger partial charge in [-0.2, -0.15) is 0 Å². The van der Waals surface area contributed by atoms with E-state index in [4.69, 9.17) is 4.74 Å². The molecule has 1 spiro atoms. The molecule has 3 rings (SSSR count). The molecule has 0 aliphatic carbocycles. The van der Waals surface area contributed by atoms with Gasteiger partial charge in [0, 0.05) is 105 Å². The number of ketones is 3. The molecule has 3 aliphatic heterocycles. The van der Waals surface area contributed by atoms with Gasteiger partial charge >= 0.3 is 0 Å². The topological polar surface area (TPSA) is 255 Å². The molecule has 22 heteroatoms. The number of Topliss-reactive ketones (excluding diaryl/α,β-unsaturated/α-hetero) is 3. The van der Waals surface area contributed by atoms with Gasteiger partial charge in [0.05, 0.1) is 31.4 Å². The Kier molecular flexibility index (Phi) is 31.5. The van der Waals surface area contributed by atoms with Crippen LogP contribution in [0.4, 0.5) is 0 Å². The Morgan fingerprint density at radius 2 is 1.02 bits per heavy atom. The third-order valence-corrected chi connectivity index (χ3v) is 20.2. The van der Waals surface area contributed by atoms with Crippen molar-refractivity contribution in [3.63, 3.8) is 0 Å². The van der Waals surface area contributed by atoms with Gasteiger partial charge in [-0.15, -0.1) is 0 Å². The van der Waals surface area contributed by atoms with E-state index in [1.165, 1.54) is 78.6 Å². The fraction of sp³-hybridized carbons (Fsp3) is 0.817. The van der Waals surface area contributed by atoms with Crippen molar-refractivity contribution < 1.29 is 62.6 Å². The number of likely N-dealkylation sites (N-methyl/N-ethyl adjacent to an activating group) is 7. The Morgan fingerprint density at radius 1 is 0.538 bits per heavy atom. The van der Waals surface area contributed by atoms with Gasteiger partial charge in [-0.3, -0.25) is 52.7 Å². The van der Waals surface area contributed by atoms with Crippen LogP contribution in [0.1, 0.15) is 175 Å². The summed E-state index contributed by atoms with van der Waals surface area (Å²) in [6, 6.07) is -9.63. The smallest absolute Gasteiger partial charge is 0.246 e. The zero-order valence-corrected chi connectivity index (χ0v) is 61.4. The van der Waals surface area contributed by atoms with Crippen molar-refractivity contribution in [1.29, 1.82) is 0 Å². The molecule has 3 fully saturated rings. The lowest BCUT2D eigenvalue weighted by atomic mass is 9.83. The van der Waals surface area contributed by atoms with Crippen molar-refractivity contribution in [2.45, 2.75) is 230 Å². The predicted molar refractivity (Wildman–Crippen MR) is 361 cm³/mol. The van der Waals surface area contributed by atoms with Gasteiger partial charge in [0.2, 0.25) is 47.3 Å². The lowest BCUT2D eigenvalue weighted by Crippen LogP contribution is -2.63. The standard InChI is InChI=1S/C71H123N9O13/c1-25-27-28-46(13)62(84)61-63(85)72-52(26-2)67(89)73(18)50(17)65(87)78(23)60(49(16)37-80-30-29-71(38-80)39-93-40-71)58(83)36-51(44(9)10)66(88)74(19)53(31-41(3)4)57(82)34-47(14)56(81)35-48(15)64(86)75(20)54(32-42(5)6)68(90)76(21)55(33-43(7)8)69(91)77(22)59(45(11)12)70(92)79(61)24/h25,27,41-55,59-62,84H,26,28-40H2,1-24H3,(H,72,85)/b27-25+/t46-,47-,48+,49-,50-,51+,52+,53+,54+,55+,59+,60+,61+,62-/m1/s1. The van der Waals surface area contributed by atoms with Crippen LogP contribution in [0.3, 0.4) is 0 Å². The first-order valence-electron chi connectivity index (χ1n) is 34.5. The molecule has 22 nitrogen and oxygen atoms in total. The van der Waals surface area contributed by atoms with Crippen LogP contribution in [-0.4, -0.2) is 246 Å². The summed E-state index contributed by atoms with van der Waals surface area (Å²) < 4.78 is 5.61. The van der Waals surface area contributed by atoms with Crippen LogP contribution in [0.25, 0.3) is 0 Å². The minimum absolute atomic E-state index is 0.0220. The molecule has 0 bridgehead atoms. The lowest BCUT2D eigenvalue weighted by Gasteiger charge is -2.41. The van der Waals surface area contributed by atoms with Gasteiger partial charge in [0.1, 0.15) is 42.0 Å². The molecule has 93 heavy (non-hydrogen) atoms. The maximum Gasteiger partial charge on any atom is 0.246 e. The van der Waals surface area contributed by atoms with Gasteiger partial charge in [-0.05, 0) is 100 Å². The van der Waals surface area contributed by atoms with E-state index >= 15 is 33.6 Å². The van der Waals surface area contributed by atoms with Gasteiger partial charge in [-0.25, -0.2) is 0 Å². The van der Waals surface area contributed by atoms with E-state index in [2.05, 4.69) is 10.2 Å². The van der Waals surface area contributed by atoms with Crippen LogP contribution < -0.4 is 5.32 Å². The minimum Gasteiger partial charge on any atom is -0.390 e. The first-order chi connectivity index (χ1) is 43.1. The highest BCUT2D eigenvalue weighted by atomic mass is 16.5. The number of hydrogen-bond acceptors (Lipinski definition) is 14. The van der Waals surface area contributed by atoms with Crippen molar-refractivity contribution in [3.05, 3.63) is 12.2 Å². The molecule has 530 valence electrons. The average molecular weight is 1310 g/mol. The second-order valence-electron chi connectivity index (χ2n) is 30.2. The number of rotatable bonds is 16. The molecule has 0 aromatic rings. The Labute approximate surface area is 558 Å². The van der Waals surface area contributed by atoms with Crippen LogP contribution in [0.5, 0.6) is 0 Å². The number of likely N-dealkylation sites (tertiary alicyclic amines) is 1. The van der Waals surface area contributed by atoms with Gasteiger partial charge in [0.25, 0.3) is 0 Å². The summed E-state index contributed by atoms with van der Waals surface area (Å²) in [6.07, 6.45) is 3.23. The molecule has 2 N–H and O–H groups in total. The number of aliphatic hydroxyl groups is 1. The summed E-state index contributed by atoms with van der Waals surface area (Å²) >= 11 is 0. The van der Waals surface area contributed by atoms with Crippen molar-refractivity contribution in [1.82, 2.24) is 44.5 Å². The first-order valence-corrected chi connectivity index (χ1v) is 34.5. The number of ether oxygens (including phenoxy) is 1. The zero-order valence-electron chi connectivity index (χ0n) is 61.4. The van der Waals surface area contributed by atoms with Crippen molar-refractivity contribution >= 4 is 64.6 Å². The fourth-order valence-corrected chi connectivity index (χ4v) is 13.9. The number of nitrogens with zero attached hydrogens (tertiary/aromatic N) is 8. The van der Waals surface area contributed by atoms with E-state index in [1.54, 1.807) is 54.7 Å². The third-order valence-electron chi connectivity index (χ3n) is 20.2. The molecule has 0 aromatic carbocycles. The third kappa shape index (κ3) is 20.9. The molecule has 3 aliphatic rings. The molecule has 0 radical (unpaired) electrons. The maximum absolute atomic E-state index is 15.3. The summed E-state index contributed by atoms with van der Waals surface area (Å²) in [4.78, 5) is 176. The zero-order chi connectivity index (χ0) is 71.2. The summed E-state index contributed by atoms with van der Waals surface area (Å²) in [5, 5.41) is 15.1. The van der Waals surface area contributed by atoms with Crippen LogP contribution in [0, 0.1) is 64.6 Å². The quantitative estimate of drug-likeness (QED) is 0.162. The average Bonchev–Trinajstić information content (AvgIpc) is 1.79. The van der Waals surface area contributed by atoms with E-state index in [0.717, 1.165) is 24.4 Å². The number of allylic oxidation sites excluding steroid dienone is 2. The van der Waals surface area contributed by atoms with Crippen LogP contribution in [0.2, 0.25) is 0 Å². The van der Waals surface area contributed by atoms with Crippen molar-refractivity contribution in [2.75, 3.05) is 82.2 Å². The number of hydrogen-bond donors (Lipinski definition) is 2. The molecule has 3 heterocycles. The highest BCUT2D eigenvalue weighted by Crippen LogP contribution is 2.38. The Hall–Kier alpha value is -5.61. The van der Waals surface area contributed by atoms with Gasteiger partial charge < -0.3 is 54.4 Å². The number of aliphatic hydroxyl groups excluding tert-OH is 1. The minimum atomic E-state index is -1.61. The molecule has 0 aromatic heterocycles. The Balaban J connectivity index is 2.34. The monoisotopic (exact) mass is 1310 g/mol. The van der Waals surface area contributed by atoms with Crippen molar-refractivity contribution in [2.24, 2.45) is 64.6 Å².